The highest BCUT2D eigenvalue weighted by molar-refractivity contribution is 7.92. The lowest BCUT2D eigenvalue weighted by Crippen LogP contribution is -2.46. The summed E-state index contributed by atoms with van der Waals surface area (Å²) < 4.78 is 27.0. The Morgan fingerprint density at radius 2 is 1.78 bits per heavy atom. The standard InChI is InChI=1S/C18H22N4O3S2/c1-4-19-18(26)21-20-17(23)14-6-5-7-16(12-14)27(24,25)22(3)15-10-8-13(2)9-11-15/h5-12H,4H2,1-3H3,(H,20,23)(H2,19,21,26). The van der Waals surface area contributed by atoms with Crippen molar-refractivity contribution in [3.8, 4) is 0 Å². The number of rotatable bonds is 5. The minimum absolute atomic E-state index is 0.0208. The molecule has 0 saturated heterocycles. The lowest BCUT2D eigenvalue weighted by molar-refractivity contribution is 0.0943. The quantitative estimate of drug-likeness (QED) is 0.519. The third-order valence-corrected chi connectivity index (χ3v) is 5.81. The van der Waals surface area contributed by atoms with E-state index in [1.165, 1.54) is 35.6 Å². The number of sulfonamides is 1. The number of benzene rings is 2. The fourth-order valence-corrected chi connectivity index (χ4v) is 3.68. The van der Waals surface area contributed by atoms with Crippen molar-refractivity contribution in [1.82, 2.24) is 16.2 Å². The van der Waals surface area contributed by atoms with Crippen LogP contribution in [0.5, 0.6) is 0 Å². The second-order valence-corrected chi connectivity index (χ2v) is 8.15. The van der Waals surface area contributed by atoms with E-state index < -0.39 is 15.9 Å². The number of hydrogen-bond acceptors (Lipinski definition) is 4. The molecule has 7 nitrogen and oxygen atoms in total. The first-order valence-corrected chi connectivity index (χ1v) is 10.1. The number of anilines is 1. The van der Waals surface area contributed by atoms with Crippen LogP contribution in [-0.2, 0) is 10.0 Å². The molecule has 0 fully saturated rings. The molecule has 144 valence electrons. The van der Waals surface area contributed by atoms with Crippen LogP contribution in [0.1, 0.15) is 22.8 Å². The summed E-state index contributed by atoms with van der Waals surface area (Å²) in [5.41, 5.74) is 6.75. The number of aryl methyl sites for hydroxylation is 1. The van der Waals surface area contributed by atoms with Crippen molar-refractivity contribution < 1.29 is 13.2 Å². The van der Waals surface area contributed by atoms with Crippen LogP contribution in [0, 0.1) is 6.92 Å². The molecule has 0 aromatic heterocycles. The molecule has 0 unspecified atom stereocenters. The molecule has 3 N–H and O–H groups in total. The average Bonchev–Trinajstić information content (AvgIpc) is 2.66. The molecule has 2 aromatic carbocycles. The molecule has 2 rings (SSSR count). The van der Waals surface area contributed by atoms with Crippen LogP contribution in [0.3, 0.4) is 0 Å². The second kappa shape index (κ2) is 8.83. The van der Waals surface area contributed by atoms with Gasteiger partial charge in [-0.25, -0.2) is 8.42 Å². The van der Waals surface area contributed by atoms with E-state index in [4.69, 9.17) is 12.2 Å². The van der Waals surface area contributed by atoms with Gasteiger partial charge in [0.05, 0.1) is 10.6 Å². The van der Waals surface area contributed by atoms with Crippen molar-refractivity contribution in [2.75, 3.05) is 17.9 Å². The molecule has 2 aromatic rings. The molecule has 0 saturated carbocycles. The van der Waals surface area contributed by atoms with Gasteiger partial charge in [-0.2, -0.15) is 0 Å². The Bertz CT molecular complexity index is 928. The summed E-state index contributed by atoms with van der Waals surface area (Å²) in [6, 6.07) is 13.0. The molecule has 0 aliphatic carbocycles. The largest absolute Gasteiger partial charge is 0.362 e. The van der Waals surface area contributed by atoms with E-state index >= 15 is 0 Å². The Kier molecular flexibility index (Phi) is 6.75. The van der Waals surface area contributed by atoms with Gasteiger partial charge < -0.3 is 5.32 Å². The lowest BCUT2D eigenvalue weighted by Gasteiger charge is -2.20. The molecular formula is C18H22N4O3S2. The Hall–Kier alpha value is -2.65. The summed E-state index contributed by atoms with van der Waals surface area (Å²) in [5, 5.41) is 3.10. The van der Waals surface area contributed by atoms with Crippen molar-refractivity contribution in [3.05, 3.63) is 59.7 Å². The number of hydrazine groups is 1. The summed E-state index contributed by atoms with van der Waals surface area (Å²) in [6.07, 6.45) is 0. The zero-order valence-electron chi connectivity index (χ0n) is 15.3. The zero-order chi connectivity index (χ0) is 20.0. The van der Waals surface area contributed by atoms with Crippen molar-refractivity contribution in [2.45, 2.75) is 18.7 Å². The molecular weight excluding hydrogens is 384 g/mol. The molecule has 27 heavy (non-hydrogen) atoms. The van der Waals surface area contributed by atoms with Crippen LogP contribution in [0.15, 0.2) is 53.4 Å². The predicted octanol–water partition coefficient (Wildman–Crippen LogP) is 1.95. The Morgan fingerprint density at radius 1 is 1.11 bits per heavy atom. The van der Waals surface area contributed by atoms with Crippen molar-refractivity contribution in [2.24, 2.45) is 0 Å². The van der Waals surface area contributed by atoms with E-state index in [-0.39, 0.29) is 15.6 Å². The molecule has 0 atom stereocenters. The van der Waals surface area contributed by atoms with E-state index in [0.717, 1.165) is 5.56 Å². The molecule has 0 aliphatic heterocycles. The Balaban J connectivity index is 2.21. The minimum atomic E-state index is -3.81. The van der Waals surface area contributed by atoms with Gasteiger partial charge in [-0.05, 0) is 56.4 Å². The molecule has 1 amide bonds. The van der Waals surface area contributed by atoms with Crippen molar-refractivity contribution >= 4 is 38.9 Å². The zero-order valence-corrected chi connectivity index (χ0v) is 16.9. The number of carbonyl (C=O) groups excluding carboxylic acids is 1. The summed E-state index contributed by atoms with van der Waals surface area (Å²) in [7, 11) is -2.33. The highest BCUT2D eigenvalue weighted by Crippen LogP contribution is 2.23. The molecule has 0 heterocycles. The van der Waals surface area contributed by atoms with Crippen LogP contribution < -0.4 is 20.5 Å². The first-order chi connectivity index (χ1) is 12.8. The van der Waals surface area contributed by atoms with Gasteiger partial charge in [0, 0.05) is 19.2 Å². The van der Waals surface area contributed by atoms with Crippen LogP contribution in [0.4, 0.5) is 5.69 Å². The molecule has 0 bridgehead atoms. The van der Waals surface area contributed by atoms with E-state index in [2.05, 4.69) is 16.2 Å². The monoisotopic (exact) mass is 406 g/mol. The molecule has 0 radical (unpaired) electrons. The fourth-order valence-electron chi connectivity index (χ4n) is 2.24. The summed E-state index contributed by atoms with van der Waals surface area (Å²) in [5.74, 6) is -0.495. The van der Waals surface area contributed by atoms with Gasteiger partial charge in [-0.1, -0.05) is 23.8 Å². The predicted molar refractivity (Wildman–Crippen MR) is 110 cm³/mol. The number of nitrogens with zero attached hydrogens (tertiary/aromatic N) is 1. The second-order valence-electron chi connectivity index (χ2n) is 5.77. The first-order valence-electron chi connectivity index (χ1n) is 8.25. The maximum Gasteiger partial charge on any atom is 0.269 e. The molecule has 0 aliphatic rings. The fraction of sp³-hybridized carbons (Fsp3) is 0.222. The summed E-state index contributed by atoms with van der Waals surface area (Å²) in [4.78, 5) is 12.3. The van der Waals surface area contributed by atoms with E-state index in [1.54, 1.807) is 12.1 Å². The third-order valence-electron chi connectivity index (χ3n) is 3.78. The number of nitrogens with one attached hydrogen (secondary N) is 3. The Morgan fingerprint density at radius 3 is 2.41 bits per heavy atom. The Labute approximate surface area is 164 Å². The van der Waals surface area contributed by atoms with Gasteiger partial charge in [-0.15, -0.1) is 0 Å². The summed E-state index contributed by atoms with van der Waals surface area (Å²) in [6.45, 7) is 4.41. The molecule has 9 heteroatoms. The number of amides is 1. The first kappa shape index (κ1) is 20.7. The highest BCUT2D eigenvalue weighted by atomic mass is 32.2. The third kappa shape index (κ3) is 5.18. The molecule has 0 spiro atoms. The van der Waals surface area contributed by atoms with Gasteiger partial charge >= 0.3 is 0 Å². The van der Waals surface area contributed by atoms with Crippen LogP contribution >= 0.6 is 12.2 Å². The minimum Gasteiger partial charge on any atom is -0.362 e. The van der Waals surface area contributed by atoms with E-state index in [0.29, 0.717) is 12.2 Å². The lowest BCUT2D eigenvalue weighted by atomic mass is 10.2. The van der Waals surface area contributed by atoms with Gasteiger partial charge in [0.2, 0.25) is 0 Å². The average molecular weight is 407 g/mol. The number of hydrogen-bond donors (Lipinski definition) is 3. The van der Waals surface area contributed by atoms with Gasteiger partial charge in [-0.3, -0.25) is 20.0 Å². The van der Waals surface area contributed by atoms with Gasteiger partial charge in [0.25, 0.3) is 15.9 Å². The van der Waals surface area contributed by atoms with Crippen LogP contribution in [0.2, 0.25) is 0 Å². The van der Waals surface area contributed by atoms with Crippen molar-refractivity contribution in [1.29, 1.82) is 0 Å². The van der Waals surface area contributed by atoms with E-state index in [9.17, 15) is 13.2 Å². The van der Waals surface area contributed by atoms with Crippen molar-refractivity contribution in [3.63, 3.8) is 0 Å². The smallest absolute Gasteiger partial charge is 0.269 e. The van der Waals surface area contributed by atoms with Gasteiger partial charge in [0.15, 0.2) is 5.11 Å². The number of carbonyl (C=O) groups is 1. The SMILES string of the molecule is CCNC(=S)NNC(=O)c1cccc(S(=O)(=O)N(C)c2ccc(C)cc2)c1. The number of thiocarbonyl (C=S) groups is 1. The van der Waals surface area contributed by atoms with Crippen LogP contribution in [0.25, 0.3) is 0 Å². The summed E-state index contributed by atoms with van der Waals surface area (Å²) >= 11 is 4.96. The topological polar surface area (TPSA) is 90.5 Å². The van der Waals surface area contributed by atoms with Crippen LogP contribution in [-0.4, -0.2) is 33.0 Å². The maximum atomic E-state index is 12.9. The normalized spacial score (nSPS) is 10.8. The maximum absolute atomic E-state index is 12.9. The van der Waals surface area contributed by atoms with Gasteiger partial charge in [0.1, 0.15) is 0 Å². The van der Waals surface area contributed by atoms with E-state index in [1.807, 2.05) is 26.0 Å². The highest BCUT2D eigenvalue weighted by Gasteiger charge is 2.22.